The lowest BCUT2D eigenvalue weighted by atomic mass is 10.0. The van der Waals surface area contributed by atoms with Crippen molar-refractivity contribution in [3.63, 3.8) is 0 Å². The second kappa shape index (κ2) is 7.70. The van der Waals surface area contributed by atoms with Crippen molar-refractivity contribution in [1.29, 1.82) is 0 Å². The maximum atomic E-state index is 13.1. The molecule has 1 atom stereocenters. The molecule has 0 radical (unpaired) electrons. The first-order valence-corrected chi connectivity index (χ1v) is 7.86. The Labute approximate surface area is 144 Å². The molecule has 1 aromatic heterocycles. The van der Waals surface area contributed by atoms with E-state index in [9.17, 15) is 13.6 Å². The number of nitrogens with zero attached hydrogens (tertiary/aromatic N) is 2. The van der Waals surface area contributed by atoms with Gasteiger partial charge in [-0.15, -0.1) is 0 Å². The molecule has 0 aliphatic carbocycles. The number of alkyl halides is 2. The van der Waals surface area contributed by atoms with Gasteiger partial charge in [-0.1, -0.05) is 48.5 Å². The van der Waals surface area contributed by atoms with E-state index in [1.165, 1.54) is 12.4 Å². The van der Waals surface area contributed by atoms with E-state index < -0.39 is 12.6 Å². The molecular weight excluding hydrogens is 324 g/mol. The molecule has 1 unspecified atom stereocenters. The predicted molar refractivity (Wildman–Crippen MR) is 90.3 cm³/mol. The summed E-state index contributed by atoms with van der Waals surface area (Å²) in [5.74, 6) is -0.0400. The molecule has 0 spiro atoms. The number of carbonyl (C=O) groups excluding carboxylic acids is 1. The quantitative estimate of drug-likeness (QED) is 0.737. The van der Waals surface area contributed by atoms with E-state index in [1.54, 1.807) is 24.3 Å². The lowest BCUT2D eigenvalue weighted by Crippen LogP contribution is -2.30. The van der Waals surface area contributed by atoms with Crippen LogP contribution in [0.15, 0.2) is 73.1 Å². The molecular formula is C19H17F2N3O. The lowest BCUT2D eigenvalue weighted by molar-refractivity contribution is 0.0665. The molecule has 0 fully saturated rings. The summed E-state index contributed by atoms with van der Waals surface area (Å²) in [7, 11) is 0. The highest BCUT2D eigenvalue weighted by atomic mass is 19.3. The van der Waals surface area contributed by atoms with Gasteiger partial charge in [0.2, 0.25) is 0 Å². The fraction of sp³-hybridized carbons (Fsp3) is 0.158. The summed E-state index contributed by atoms with van der Waals surface area (Å²) < 4.78 is 27.0. The van der Waals surface area contributed by atoms with E-state index in [-0.39, 0.29) is 18.2 Å². The zero-order valence-corrected chi connectivity index (χ0v) is 13.3. The van der Waals surface area contributed by atoms with E-state index in [0.29, 0.717) is 5.56 Å². The molecule has 0 saturated carbocycles. The summed E-state index contributed by atoms with van der Waals surface area (Å²) >= 11 is 0. The minimum absolute atomic E-state index is 0.167. The molecule has 0 saturated heterocycles. The molecule has 1 amide bonds. The van der Waals surface area contributed by atoms with Gasteiger partial charge in [-0.2, -0.15) is 8.78 Å². The standard InChI is InChI=1S/C19H17F2N3O/c20-19(21)24-12-11-22-17(24)13-16(14-7-3-1-4-8-14)23-18(25)15-9-5-2-6-10-15/h1-12,16,19H,13H2,(H,23,25). The normalized spacial score (nSPS) is 12.1. The number of aromatic nitrogens is 2. The minimum Gasteiger partial charge on any atom is -0.345 e. The van der Waals surface area contributed by atoms with Crippen molar-refractivity contribution in [2.24, 2.45) is 0 Å². The Morgan fingerprint density at radius 2 is 1.68 bits per heavy atom. The number of benzene rings is 2. The fourth-order valence-electron chi connectivity index (χ4n) is 2.63. The van der Waals surface area contributed by atoms with Crippen LogP contribution in [0.4, 0.5) is 8.78 Å². The zero-order valence-electron chi connectivity index (χ0n) is 13.3. The summed E-state index contributed by atoms with van der Waals surface area (Å²) in [6.45, 7) is -2.67. The molecule has 0 bridgehead atoms. The van der Waals surface area contributed by atoms with Crippen molar-refractivity contribution in [2.75, 3.05) is 0 Å². The van der Waals surface area contributed by atoms with Gasteiger partial charge >= 0.3 is 6.55 Å². The zero-order chi connectivity index (χ0) is 17.6. The van der Waals surface area contributed by atoms with Gasteiger partial charge in [-0.25, -0.2) is 4.98 Å². The number of rotatable bonds is 6. The number of hydrogen-bond acceptors (Lipinski definition) is 2. The highest BCUT2D eigenvalue weighted by Gasteiger charge is 2.20. The highest BCUT2D eigenvalue weighted by Crippen LogP contribution is 2.21. The molecule has 0 aliphatic rings. The van der Waals surface area contributed by atoms with Crippen LogP contribution < -0.4 is 5.32 Å². The summed E-state index contributed by atoms with van der Waals surface area (Å²) in [5, 5.41) is 2.92. The van der Waals surface area contributed by atoms with Gasteiger partial charge in [-0.3, -0.25) is 9.36 Å². The van der Waals surface area contributed by atoms with Crippen molar-refractivity contribution < 1.29 is 13.6 Å². The molecule has 4 nitrogen and oxygen atoms in total. The predicted octanol–water partition coefficient (Wildman–Crippen LogP) is 3.99. The summed E-state index contributed by atoms with van der Waals surface area (Å²) in [5.41, 5.74) is 1.34. The molecule has 2 aromatic carbocycles. The number of nitrogens with one attached hydrogen (secondary N) is 1. The molecule has 6 heteroatoms. The van der Waals surface area contributed by atoms with Crippen LogP contribution in [0.3, 0.4) is 0 Å². The Kier molecular flexibility index (Phi) is 5.18. The maximum absolute atomic E-state index is 13.1. The second-order valence-corrected chi connectivity index (χ2v) is 5.54. The Balaban J connectivity index is 1.86. The van der Waals surface area contributed by atoms with E-state index in [2.05, 4.69) is 10.3 Å². The minimum atomic E-state index is -2.67. The monoisotopic (exact) mass is 341 g/mol. The topological polar surface area (TPSA) is 46.9 Å². The first kappa shape index (κ1) is 16.8. The number of halogens is 2. The molecule has 3 rings (SSSR count). The van der Waals surface area contributed by atoms with E-state index in [0.717, 1.165) is 10.1 Å². The first-order chi connectivity index (χ1) is 12.1. The van der Waals surface area contributed by atoms with Gasteiger partial charge in [0.1, 0.15) is 5.82 Å². The van der Waals surface area contributed by atoms with Crippen LogP contribution in [0.25, 0.3) is 0 Å². The van der Waals surface area contributed by atoms with Crippen LogP contribution in [0.1, 0.15) is 34.3 Å². The Morgan fingerprint density at radius 1 is 1.04 bits per heavy atom. The maximum Gasteiger partial charge on any atom is 0.319 e. The smallest absolute Gasteiger partial charge is 0.319 e. The van der Waals surface area contributed by atoms with E-state index >= 15 is 0 Å². The molecule has 128 valence electrons. The van der Waals surface area contributed by atoms with Crippen LogP contribution in [0.5, 0.6) is 0 Å². The Hall–Kier alpha value is -3.02. The van der Waals surface area contributed by atoms with E-state index in [4.69, 9.17) is 0 Å². The van der Waals surface area contributed by atoms with Crippen molar-refractivity contribution in [3.05, 3.63) is 90.0 Å². The van der Waals surface area contributed by atoms with Crippen molar-refractivity contribution in [2.45, 2.75) is 19.0 Å². The largest absolute Gasteiger partial charge is 0.345 e. The summed E-state index contributed by atoms with van der Waals surface area (Å²) in [6.07, 6.45) is 2.74. The third kappa shape index (κ3) is 4.09. The van der Waals surface area contributed by atoms with Crippen LogP contribution in [0, 0.1) is 0 Å². The van der Waals surface area contributed by atoms with Gasteiger partial charge in [0.25, 0.3) is 5.91 Å². The van der Waals surface area contributed by atoms with Crippen LogP contribution in [-0.4, -0.2) is 15.5 Å². The third-order valence-corrected chi connectivity index (χ3v) is 3.89. The van der Waals surface area contributed by atoms with Gasteiger partial charge in [0, 0.05) is 24.4 Å². The summed E-state index contributed by atoms with van der Waals surface area (Å²) in [4.78, 5) is 16.5. The molecule has 1 N–H and O–H groups in total. The second-order valence-electron chi connectivity index (χ2n) is 5.54. The average molecular weight is 341 g/mol. The molecule has 0 aliphatic heterocycles. The van der Waals surface area contributed by atoms with Gasteiger partial charge in [0.15, 0.2) is 0 Å². The number of hydrogen-bond donors (Lipinski definition) is 1. The first-order valence-electron chi connectivity index (χ1n) is 7.86. The Bertz CT molecular complexity index is 819. The van der Waals surface area contributed by atoms with Gasteiger partial charge in [-0.05, 0) is 17.7 Å². The highest BCUT2D eigenvalue weighted by molar-refractivity contribution is 5.94. The van der Waals surface area contributed by atoms with Crippen molar-refractivity contribution in [1.82, 2.24) is 14.9 Å². The van der Waals surface area contributed by atoms with Crippen molar-refractivity contribution >= 4 is 5.91 Å². The van der Waals surface area contributed by atoms with Crippen LogP contribution in [-0.2, 0) is 6.42 Å². The third-order valence-electron chi connectivity index (χ3n) is 3.89. The average Bonchev–Trinajstić information content (AvgIpc) is 3.11. The SMILES string of the molecule is O=C(NC(Cc1nccn1C(F)F)c1ccccc1)c1ccccc1. The van der Waals surface area contributed by atoms with Crippen LogP contribution >= 0.6 is 0 Å². The van der Waals surface area contributed by atoms with Gasteiger partial charge < -0.3 is 5.32 Å². The number of imidazole rings is 1. The molecule has 1 heterocycles. The fourth-order valence-corrected chi connectivity index (χ4v) is 2.63. The molecule has 25 heavy (non-hydrogen) atoms. The Morgan fingerprint density at radius 3 is 2.32 bits per heavy atom. The molecule has 3 aromatic rings. The number of carbonyl (C=O) groups is 1. The lowest BCUT2D eigenvalue weighted by Gasteiger charge is -2.20. The van der Waals surface area contributed by atoms with Gasteiger partial charge in [0.05, 0.1) is 6.04 Å². The van der Waals surface area contributed by atoms with Crippen LogP contribution in [0.2, 0.25) is 0 Å². The summed E-state index contributed by atoms with van der Waals surface area (Å²) in [6, 6.07) is 17.6. The van der Waals surface area contributed by atoms with E-state index in [1.807, 2.05) is 36.4 Å². The number of amides is 1. The van der Waals surface area contributed by atoms with Crippen molar-refractivity contribution in [3.8, 4) is 0 Å².